The maximum atomic E-state index is 6.24. The van der Waals surface area contributed by atoms with Crippen LogP contribution in [0.1, 0.15) is 17.4 Å². The first-order valence-corrected chi connectivity index (χ1v) is 9.73. The van der Waals surface area contributed by atoms with E-state index in [0.29, 0.717) is 0 Å². The van der Waals surface area contributed by atoms with Gasteiger partial charge in [-0.05, 0) is 37.7 Å². The maximum Gasteiger partial charge on any atom is 0.116 e. The number of anilines is 3. The molecule has 4 rings (SSSR count). The number of hydrogen-bond acceptors (Lipinski definition) is 5. The third-order valence-corrected chi connectivity index (χ3v) is 6.33. The fourth-order valence-corrected chi connectivity index (χ4v) is 4.69. The molecule has 0 amide bonds. The van der Waals surface area contributed by atoms with Gasteiger partial charge >= 0.3 is 0 Å². The highest BCUT2D eigenvalue weighted by molar-refractivity contribution is 7.16. The fraction of sp³-hybridized carbons (Fsp3) is 0.444. The van der Waals surface area contributed by atoms with Crippen molar-refractivity contribution in [3.63, 3.8) is 0 Å². The number of hydrazine groups is 1. The molecule has 4 nitrogen and oxygen atoms in total. The topological polar surface area (TPSA) is 21.8 Å². The summed E-state index contributed by atoms with van der Waals surface area (Å²) in [6, 6.07) is 8.52. The van der Waals surface area contributed by atoms with Crippen LogP contribution in [0.25, 0.3) is 0 Å². The zero-order valence-corrected chi connectivity index (χ0v) is 15.8. The molecule has 1 aromatic heterocycles. The quantitative estimate of drug-likeness (QED) is 0.864. The molecule has 0 saturated carbocycles. The van der Waals surface area contributed by atoms with Crippen LogP contribution in [-0.2, 0) is 13.0 Å². The Bertz CT molecular complexity index is 737. The molecule has 3 heterocycles. The lowest BCUT2D eigenvalue weighted by atomic mass is 10.2. The molecular formula is C18H23ClN4S. The van der Waals surface area contributed by atoms with Crippen LogP contribution in [0.15, 0.2) is 24.3 Å². The second kappa shape index (κ2) is 6.56. The van der Waals surface area contributed by atoms with Crippen LogP contribution in [0.2, 0.25) is 5.02 Å². The summed E-state index contributed by atoms with van der Waals surface area (Å²) < 4.78 is 0. The summed E-state index contributed by atoms with van der Waals surface area (Å²) in [7, 11) is 2.20. The predicted octanol–water partition coefficient (Wildman–Crippen LogP) is 4.19. The Labute approximate surface area is 152 Å². The van der Waals surface area contributed by atoms with Crippen molar-refractivity contribution >= 4 is 39.3 Å². The van der Waals surface area contributed by atoms with E-state index in [1.54, 1.807) is 0 Å². The van der Waals surface area contributed by atoms with Gasteiger partial charge < -0.3 is 10.2 Å². The van der Waals surface area contributed by atoms with E-state index in [1.165, 1.54) is 21.1 Å². The molecule has 128 valence electrons. The summed E-state index contributed by atoms with van der Waals surface area (Å²) in [4.78, 5) is 3.83. The first-order valence-electron chi connectivity index (χ1n) is 8.54. The molecule has 0 spiro atoms. The Balaban J connectivity index is 1.80. The molecule has 2 aliphatic heterocycles. The average Bonchev–Trinajstić information content (AvgIpc) is 2.93. The molecule has 0 aliphatic carbocycles. The van der Waals surface area contributed by atoms with Crippen LogP contribution in [0.5, 0.6) is 0 Å². The average molecular weight is 363 g/mol. The van der Waals surface area contributed by atoms with E-state index < -0.39 is 0 Å². The van der Waals surface area contributed by atoms with Crippen LogP contribution >= 0.6 is 22.9 Å². The molecular weight excluding hydrogens is 340 g/mol. The van der Waals surface area contributed by atoms with Crippen molar-refractivity contribution in [2.45, 2.75) is 19.9 Å². The second-order valence-corrected chi connectivity index (χ2v) is 8.03. The molecule has 2 aliphatic rings. The Morgan fingerprint density at radius 1 is 1.17 bits per heavy atom. The lowest BCUT2D eigenvalue weighted by molar-refractivity contribution is 0.155. The monoisotopic (exact) mass is 362 g/mol. The number of nitrogens with zero attached hydrogens (tertiary/aromatic N) is 3. The highest BCUT2D eigenvalue weighted by atomic mass is 35.5. The predicted molar refractivity (Wildman–Crippen MR) is 104 cm³/mol. The van der Waals surface area contributed by atoms with E-state index in [2.05, 4.69) is 46.3 Å². The van der Waals surface area contributed by atoms with Gasteiger partial charge in [-0.3, -0.25) is 5.01 Å². The Kier molecular flexibility index (Phi) is 4.43. The summed E-state index contributed by atoms with van der Waals surface area (Å²) in [6.45, 7) is 7.34. The number of rotatable bonds is 2. The van der Waals surface area contributed by atoms with Gasteiger partial charge in [-0.25, -0.2) is 5.01 Å². The fourth-order valence-electron chi connectivity index (χ4n) is 3.37. The van der Waals surface area contributed by atoms with E-state index in [0.717, 1.165) is 49.9 Å². The molecule has 2 aromatic rings. The minimum atomic E-state index is 0.777. The normalized spacial score (nSPS) is 18.7. The third kappa shape index (κ3) is 2.90. The van der Waals surface area contributed by atoms with Crippen LogP contribution in [0, 0.1) is 0 Å². The zero-order chi connectivity index (χ0) is 16.7. The number of hydrogen-bond donors (Lipinski definition) is 1. The van der Waals surface area contributed by atoms with Gasteiger partial charge in [-0.15, -0.1) is 11.3 Å². The standard InChI is InChI=1S/C18H23ClN4S/c1-3-15-10-13-12-20-16-11-14(19)4-5-17(16)23(18(13)24-15)22-8-6-21(2)7-9-22/h4-5,10-11,20H,3,6-9,12H2,1-2H3. The number of halogens is 1. The van der Waals surface area contributed by atoms with Crippen LogP contribution in [-0.4, -0.2) is 43.1 Å². The number of thiophene rings is 1. The number of benzene rings is 1. The number of fused-ring (bicyclic) bond motifs is 2. The van der Waals surface area contributed by atoms with Crippen molar-refractivity contribution in [1.82, 2.24) is 9.91 Å². The molecule has 1 saturated heterocycles. The lowest BCUT2D eigenvalue weighted by Gasteiger charge is -2.41. The number of aryl methyl sites for hydroxylation is 1. The largest absolute Gasteiger partial charge is 0.379 e. The van der Waals surface area contributed by atoms with E-state index in [1.807, 2.05) is 23.5 Å². The van der Waals surface area contributed by atoms with Crippen LogP contribution in [0.3, 0.4) is 0 Å². The zero-order valence-electron chi connectivity index (χ0n) is 14.2. The smallest absolute Gasteiger partial charge is 0.116 e. The van der Waals surface area contributed by atoms with E-state index in [9.17, 15) is 0 Å². The molecule has 0 atom stereocenters. The number of piperazine rings is 1. The van der Waals surface area contributed by atoms with Crippen molar-refractivity contribution in [2.75, 3.05) is 43.6 Å². The van der Waals surface area contributed by atoms with E-state index >= 15 is 0 Å². The second-order valence-electron chi connectivity index (χ2n) is 6.48. The molecule has 1 aromatic carbocycles. The van der Waals surface area contributed by atoms with Gasteiger partial charge in [0.05, 0.1) is 11.4 Å². The molecule has 0 radical (unpaired) electrons. The minimum Gasteiger partial charge on any atom is -0.379 e. The van der Waals surface area contributed by atoms with Gasteiger partial charge in [0.1, 0.15) is 5.00 Å². The lowest BCUT2D eigenvalue weighted by Crippen LogP contribution is -2.51. The molecule has 1 N–H and O–H groups in total. The van der Waals surface area contributed by atoms with Crippen LogP contribution in [0.4, 0.5) is 16.4 Å². The highest BCUT2D eigenvalue weighted by Gasteiger charge is 2.29. The summed E-state index contributed by atoms with van der Waals surface area (Å²) >= 11 is 8.16. The summed E-state index contributed by atoms with van der Waals surface area (Å²) in [5, 5.41) is 10.6. The number of nitrogens with one attached hydrogen (secondary N) is 1. The molecule has 1 fully saturated rings. The Morgan fingerprint density at radius 3 is 2.71 bits per heavy atom. The van der Waals surface area contributed by atoms with Crippen molar-refractivity contribution < 1.29 is 0 Å². The van der Waals surface area contributed by atoms with Crippen LogP contribution < -0.4 is 10.3 Å². The SMILES string of the molecule is CCc1cc2c(s1)N(N1CCN(C)CC1)c1ccc(Cl)cc1NC2. The summed E-state index contributed by atoms with van der Waals surface area (Å²) in [5.74, 6) is 0. The Morgan fingerprint density at radius 2 is 1.96 bits per heavy atom. The first kappa shape index (κ1) is 16.2. The van der Waals surface area contributed by atoms with Gasteiger partial charge in [0.15, 0.2) is 0 Å². The van der Waals surface area contributed by atoms with Crippen molar-refractivity contribution in [3.05, 3.63) is 39.7 Å². The van der Waals surface area contributed by atoms with E-state index in [-0.39, 0.29) is 0 Å². The highest BCUT2D eigenvalue weighted by Crippen LogP contribution is 2.44. The third-order valence-electron chi connectivity index (χ3n) is 4.80. The minimum absolute atomic E-state index is 0.777. The Hall–Kier alpha value is -1.27. The van der Waals surface area contributed by atoms with Gasteiger partial charge in [0.25, 0.3) is 0 Å². The van der Waals surface area contributed by atoms with Gasteiger partial charge in [-0.1, -0.05) is 18.5 Å². The molecule has 6 heteroatoms. The van der Waals surface area contributed by atoms with Gasteiger partial charge in [0, 0.05) is 48.2 Å². The van der Waals surface area contributed by atoms with E-state index in [4.69, 9.17) is 11.6 Å². The van der Waals surface area contributed by atoms with Crippen molar-refractivity contribution in [3.8, 4) is 0 Å². The summed E-state index contributed by atoms with van der Waals surface area (Å²) in [5.41, 5.74) is 3.69. The van der Waals surface area contributed by atoms with Crippen molar-refractivity contribution in [2.24, 2.45) is 0 Å². The molecule has 24 heavy (non-hydrogen) atoms. The molecule has 0 unspecified atom stereocenters. The summed E-state index contributed by atoms with van der Waals surface area (Å²) in [6.07, 6.45) is 1.09. The maximum absolute atomic E-state index is 6.24. The van der Waals surface area contributed by atoms with Gasteiger partial charge in [0.2, 0.25) is 0 Å². The van der Waals surface area contributed by atoms with Gasteiger partial charge in [-0.2, -0.15) is 0 Å². The van der Waals surface area contributed by atoms with Crippen molar-refractivity contribution in [1.29, 1.82) is 0 Å². The number of likely N-dealkylation sites (N-methyl/N-ethyl adjacent to an activating group) is 1. The first-order chi connectivity index (χ1) is 11.7. The molecule has 0 bridgehead atoms.